The van der Waals surface area contributed by atoms with Crippen molar-refractivity contribution in [3.8, 4) is 11.5 Å². The minimum Gasteiger partial charge on any atom is -0.493 e. The van der Waals surface area contributed by atoms with Crippen LogP contribution in [0.4, 0.5) is 0 Å². The van der Waals surface area contributed by atoms with E-state index in [0.29, 0.717) is 28.2 Å². The molecule has 0 fully saturated rings. The Morgan fingerprint density at radius 3 is 2.50 bits per heavy atom. The fraction of sp³-hybridized carbons (Fsp3) is 0.348. The van der Waals surface area contributed by atoms with Crippen molar-refractivity contribution < 1.29 is 9.47 Å². The number of rotatable bonds is 5. The van der Waals surface area contributed by atoms with E-state index in [2.05, 4.69) is 21.0 Å². The third-order valence-electron chi connectivity index (χ3n) is 4.35. The summed E-state index contributed by atoms with van der Waals surface area (Å²) in [7, 11) is 1.59. The van der Waals surface area contributed by atoms with Crippen LogP contribution in [0.1, 0.15) is 46.0 Å². The lowest BCUT2D eigenvalue weighted by Gasteiger charge is -2.21. The van der Waals surface area contributed by atoms with Gasteiger partial charge in [0, 0.05) is 9.89 Å². The van der Waals surface area contributed by atoms with Gasteiger partial charge in [-0.15, -0.1) is 0 Å². The average molecular weight is 472 g/mol. The molecule has 0 aliphatic rings. The van der Waals surface area contributed by atoms with Crippen molar-refractivity contribution in [2.45, 2.75) is 46.1 Å². The first kappa shape index (κ1) is 22.0. The molecular weight excluding hydrogens is 446 g/mol. The first-order valence-electron chi connectivity index (χ1n) is 9.72. The van der Waals surface area contributed by atoms with Crippen molar-refractivity contribution in [3.05, 3.63) is 62.6 Å². The summed E-state index contributed by atoms with van der Waals surface area (Å²) in [6.45, 7) is 9.94. The highest BCUT2D eigenvalue weighted by Crippen LogP contribution is 2.28. The Morgan fingerprint density at radius 2 is 1.87 bits per heavy atom. The normalized spacial score (nSPS) is 12.1. The largest absolute Gasteiger partial charge is 0.493 e. The molecule has 6 nitrogen and oxygen atoms in total. The van der Waals surface area contributed by atoms with Crippen LogP contribution in [0, 0.1) is 0 Å². The van der Waals surface area contributed by atoms with E-state index in [1.54, 1.807) is 19.4 Å². The summed E-state index contributed by atoms with van der Waals surface area (Å²) in [5.41, 5.74) is 0.847. The molecule has 0 saturated heterocycles. The molecule has 3 aromatic rings. The smallest absolute Gasteiger partial charge is 0.282 e. The Kier molecular flexibility index (Phi) is 6.31. The van der Waals surface area contributed by atoms with E-state index in [0.717, 1.165) is 10.0 Å². The Balaban J connectivity index is 2.11. The second kappa shape index (κ2) is 8.60. The lowest BCUT2D eigenvalue weighted by Crippen LogP contribution is -2.29. The Bertz CT molecular complexity index is 1160. The van der Waals surface area contributed by atoms with E-state index in [1.165, 1.54) is 4.68 Å². The zero-order valence-electron chi connectivity index (χ0n) is 18.1. The van der Waals surface area contributed by atoms with E-state index >= 15 is 0 Å². The van der Waals surface area contributed by atoms with E-state index in [4.69, 9.17) is 14.5 Å². The summed E-state index contributed by atoms with van der Waals surface area (Å²) < 4.78 is 13.4. The molecular formula is C23H26BrN3O3. The van der Waals surface area contributed by atoms with Crippen LogP contribution in [0.5, 0.6) is 11.5 Å². The SMILES string of the molecule is COc1cc(C=Nn2c(C(C)(C)C)nc3ccc(Br)cc3c2=O)ccc1OC(C)C. The molecule has 158 valence electrons. The van der Waals surface area contributed by atoms with Crippen molar-refractivity contribution in [1.29, 1.82) is 0 Å². The molecule has 0 atom stereocenters. The van der Waals surface area contributed by atoms with Crippen LogP contribution in [-0.2, 0) is 5.41 Å². The summed E-state index contributed by atoms with van der Waals surface area (Å²) in [6, 6.07) is 11.0. The molecule has 1 aromatic heterocycles. The molecule has 0 amide bonds. The quantitative estimate of drug-likeness (QED) is 0.483. The van der Waals surface area contributed by atoms with Gasteiger partial charge >= 0.3 is 0 Å². The number of benzene rings is 2. The standard InChI is InChI=1S/C23H26BrN3O3/c1-14(2)30-19-10-7-15(11-20(19)29-6)13-25-27-21(28)17-12-16(24)8-9-18(17)26-22(27)23(3,4)5/h7-14H,1-6H3. The van der Waals surface area contributed by atoms with Crippen molar-refractivity contribution in [3.63, 3.8) is 0 Å². The molecule has 2 aromatic carbocycles. The van der Waals surface area contributed by atoms with Gasteiger partial charge in [0.1, 0.15) is 5.82 Å². The van der Waals surface area contributed by atoms with Gasteiger partial charge in [0.05, 0.1) is 30.3 Å². The molecule has 3 rings (SSSR count). The maximum atomic E-state index is 13.2. The Hall–Kier alpha value is -2.67. The highest BCUT2D eigenvalue weighted by Gasteiger charge is 2.23. The Labute approximate surface area is 184 Å². The van der Waals surface area contributed by atoms with Crippen LogP contribution in [0.3, 0.4) is 0 Å². The van der Waals surface area contributed by atoms with Crippen molar-refractivity contribution >= 4 is 33.0 Å². The maximum absolute atomic E-state index is 13.2. The fourth-order valence-corrected chi connectivity index (χ4v) is 3.34. The monoisotopic (exact) mass is 471 g/mol. The highest BCUT2D eigenvalue weighted by atomic mass is 79.9. The molecule has 1 heterocycles. The molecule has 0 aliphatic carbocycles. The van der Waals surface area contributed by atoms with Gasteiger partial charge in [-0.3, -0.25) is 4.79 Å². The molecule has 30 heavy (non-hydrogen) atoms. The lowest BCUT2D eigenvalue weighted by atomic mass is 9.95. The van der Waals surface area contributed by atoms with E-state index in [-0.39, 0.29) is 17.1 Å². The average Bonchev–Trinajstić information content (AvgIpc) is 2.67. The van der Waals surface area contributed by atoms with Crippen molar-refractivity contribution in [1.82, 2.24) is 9.66 Å². The summed E-state index contributed by atoms with van der Waals surface area (Å²) >= 11 is 3.42. The van der Waals surface area contributed by atoms with Crippen LogP contribution in [0.15, 0.2) is 50.8 Å². The second-order valence-corrected chi connectivity index (χ2v) is 9.20. The molecule has 0 spiro atoms. The van der Waals surface area contributed by atoms with E-state index in [9.17, 15) is 4.79 Å². The summed E-state index contributed by atoms with van der Waals surface area (Å²) in [5, 5.41) is 5.00. The third-order valence-corrected chi connectivity index (χ3v) is 4.85. The van der Waals surface area contributed by atoms with Crippen LogP contribution >= 0.6 is 15.9 Å². The number of nitrogens with zero attached hydrogens (tertiary/aromatic N) is 3. The molecule has 0 aliphatic heterocycles. The van der Waals surface area contributed by atoms with Crippen molar-refractivity contribution in [2.75, 3.05) is 7.11 Å². The van der Waals surface area contributed by atoms with Crippen LogP contribution < -0.4 is 15.0 Å². The van der Waals surface area contributed by atoms with Gasteiger partial charge in [0.15, 0.2) is 11.5 Å². The van der Waals surface area contributed by atoms with Gasteiger partial charge in [-0.25, -0.2) is 4.98 Å². The van der Waals surface area contributed by atoms with E-state index < -0.39 is 0 Å². The number of hydrogen-bond donors (Lipinski definition) is 0. The number of ether oxygens (including phenoxy) is 2. The fourth-order valence-electron chi connectivity index (χ4n) is 2.98. The molecule has 0 N–H and O–H groups in total. The number of halogens is 1. The number of methoxy groups -OCH3 is 1. The minimum absolute atomic E-state index is 0.0364. The lowest BCUT2D eigenvalue weighted by molar-refractivity contribution is 0.230. The maximum Gasteiger partial charge on any atom is 0.282 e. The van der Waals surface area contributed by atoms with Gasteiger partial charge < -0.3 is 9.47 Å². The number of aromatic nitrogens is 2. The first-order valence-corrected chi connectivity index (χ1v) is 10.5. The van der Waals surface area contributed by atoms with Gasteiger partial charge in [-0.05, 0) is 55.8 Å². The molecule has 7 heteroatoms. The second-order valence-electron chi connectivity index (χ2n) is 8.29. The van der Waals surface area contributed by atoms with Crippen LogP contribution in [0.2, 0.25) is 0 Å². The molecule has 0 bridgehead atoms. The van der Waals surface area contributed by atoms with Crippen LogP contribution in [0.25, 0.3) is 10.9 Å². The predicted octanol–water partition coefficient (Wildman–Crippen LogP) is 5.13. The summed E-state index contributed by atoms with van der Waals surface area (Å²) in [5.74, 6) is 1.86. The predicted molar refractivity (Wildman–Crippen MR) is 124 cm³/mol. The zero-order valence-corrected chi connectivity index (χ0v) is 19.6. The zero-order chi connectivity index (χ0) is 22.1. The molecule has 0 saturated carbocycles. The topological polar surface area (TPSA) is 65.7 Å². The van der Waals surface area contributed by atoms with Gasteiger partial charge in [-0.2, -0.15) is 9.78 Å². The van der Waals surface area contributed by atoms with Crippen LogP contribution in [-0.4, -0.2) is 29.1 Å². The summed E-state index contributed by atoms with van der Waals surface area (Å²) in [4.78, 5) is 17.9. The third kappa shape index (κ3) is 4.73. The summed E-state index contributed by atoms with van der Waals surface area (Å²) in [6.07, 6.45) is 1.67. The Morgan fingerprint density at radius 1 is 1.13 bits per heavy atom. The molecule has 0 unspecified atom stereocenters. The van der Waals surface area contributed by atoms with Gasteiger partial charge in [0.25, 0.3) is 5.56 Å². The minimum atomic E-state index is -0.371. The van der Waals surface area contributed by atoms with Gasteiger partial charge in [-0.1, -0.05) is 36.7 Å². The van der Waals surface area contributed by atoms with Gasteiger partial charge in [0.2, 0.25) is 0 Å². The number of fused-ring (bicyclic) bond motifs is 1. The molecule has 0 radical (unpaired) electrons. The highest BCUT2D eigenvalue weighted by molar-refractivity contribution is 9.10. The first-order chi connectivity index (χ1) is 14.1. The number of hydrogen-bond acceptors (Lipinski definition) is 5. The van der Waals surface area contributed by atoms with E-state index in [1.807, 2.05) is 65.0 Å². The van der Waals surface area contributed by atoms with Crippen molar-refractivity contribution in [2.24, 2.45) is 5.10 Å².